The summed E-state index contributed by atoms with van der Waals surface area (Å²) in [5.74, 6) is 1.17. The van der Waals surface area contributed by atoms with Crippen molar-refractivity contribution in [2.24, 2.45) is 11.8 Å². The highest BCUT2D eigenvalue weighted by molar-refractivity contribution is 5.68. The van der Waals surface area contributed by atoms with Gasteiger partial charge in [-0.25, -0.2) is 9.80 Å². The first-order valence-electron chi connectivity index (χ1n) is 11.6. The number of likely N-dealkylation sites (tertiary alicyclic amines) is 2. The smallest absolute Gasteiger partial charge is 0.410 e. The molecule has 4 saturated heterocycles. The third-order valence-electron chi connectivity index (χ3n) is 6.80. The minimum atomic E-state index is -0.447. The van der Waals surface area contributed by atoms with E-state index in [1.807, 2.05) is 25.7 Å². The predicted molar refractivity (Wildman–Crippen MR) is 114 cm³/mol. The maximum Gasteiger partial charge on any atom is 0.410 e. The fourth-order valence-electron chi connectivity index (χ4n) is 5.00. The summed E-state index contributed by atoms with van der Waals surface area (Å²) >= 11 is 0. The number of nitrogens with zero attached hydrogens (tertiary/aromatic N) is 3. The topological polar surface area (TPSA) is 81.3 Å². The third kappa shape index (κ3) is 5.08. The highest BCUT2D eigenvalue weighted by Gasteiger charge is 2.42. The molecular weight excluding hydrogens is 384 g/mol. The molecule has 172 valence electrons. The van der Waals surface area contributed by atoms with Gasteiger partial charge in [-0.2, -0.15) is 5.48 Å². The summed E-state index contributed by atoms with van der Waals surface area (Å²) in [4.78, 5) is 22.5. The second-order valence-electron chi connectivity index (χ2n) is 10.6. The molecule has 0 spiro atoms. The highest BCUT2D eigenvalue weighted by Crippen LogP contribution is 2.28. The highest BCUT2D eigenvalue weighted by atomic mass is 16.7. The Morgan fingerprint density at radius 1 is 1.07 bits per heavy atom. The van der Waals surface area contributed by atoms with Crippen molar-refractivity contribution < 1.29 is 14.4 Å². The average Bonchev–Trinajstić information content (AvgIpc) is 3.33. The number of hydroxylamine groups is 1. The first-order valence-corrected chi connectivity index (χ1v) is 11.6. The molecule has 30 heavy (non-hydrogen) atoms. The lowest BCUT2D eigenvalue weighted by Gasteiger charge is -2.37. The number of fused-ring (bicyclic) bond motifs is 1. The number of carbonyl (C=O) groups excluding carboxylic acids is 1. The predicted octanol–water partition coefficient (Wildman–Crippen LogP) is 1.29. The molecule has 0 aromatic carbocycles. The number of hydrogen-bond acceptors (Lipinski definition) is 8. The summed E-state index contributed by atoms with van der Waals surface area (Å²) < 4.78 is 5.51. The minimum Gasteiger partial charge on any atom is -0.444 e. The molecule has 3 N–H and O–H groups in total. The van der Waals surface area contributed by atoms with Crippen molar-refractivity contribution in [2.75, 3.05) is 32.7 Å². The van der Waals surface area contributed by atoms with Crippen LogP contribution in [0.3, 0.4) is 0 Å². The standard InChI is InChI=1S/C21H40N6O3/c1-14(2)27-12-16-8-11-26(13-17(16)23-27)19-22-18(24-30-19)15-6-9-25(10-7-15)20(28)29-21(3,4)5/h14-19,22-24H,6-13H2,1-5H3. The van der Waals surface area contributed by atoms with Gasteiger partial charge in [-0.1, -0.05) is 0 Å². The fraction of sp³-hybridized carbons (Fsp3) is 0.952. The summed E-state index contributed by atoms with van der Waals surface area (Å²) in [6.45, 7) is 14.9. The van der Waals surface area contributed by atoms with Crippen LogP contribution in [0.15, 0.2) is 0 Å². The second kappa shape index (κ2) is 8.88. The number of ether oxygens (including phenoxy) is 1. The van der Waals surface area contributed by atoms with Gasteiger partial charge in [0, 0.05) is 44.8 Å². The Bertz CT molecular complexity index is 604. The summed E-state index contributed by atoms with van der Waals surface area (Å²) in [5, 5.41) is 6.02. The fourth-order valence-corrected chi connectivity index (χ4v) is 5.00. The van der Waals surface area contributed by atoms with Crippen LogP contribution in [0, 0.1) is 11.8 Å². The molecule has 0 saturated carbocycles. The van der Waals surface area contributed by atoms with Crippen LogP contribution in [0.2, 0.25) is 0 Å². The molecule has 0 aliphatic carbocycles. The third-order valence-corrected chi connectivity index (χ3v) is 6.80. The molecule has 9 heteroatoms. The molecule has 4 aliphatic rings. The molecule has 0 bridgehead atoms. The summed E-state index contributed by atoms with van der Waals surface area (Å²) in [6, 6.07) is 1.03. The summed E-state index contributed by atoms with van der Waals surface area (Å²) in [7, 11) is 0. The van der Waals surface area contributed by atoms with Crippen LogP contribution in [-0.2, 0) is 9.57 Å². The van der Waals surface area contributed by atoms with Crippen molar-refractivity contribution >= 4 is 6.09 Å². The number of piperidine rings is 2. The molecule has 4 unspecified atom stereocenters. The maximum atomic E-state index is 12.3. The van der Waals surface area contributed by atoms with Gasteiger partial charge in [0.15, 0.2) is 6.35 Å². The van der Waals surface area contributed by atoms with E-state index in [9.17, 15) is 4.79 Å². The first kappa shape index (κ1) is 22.2. The van der Waals surface area contributed by atoms with E-state index >= 15 is 0 Å². The van der Waals surface area contributed by atoms with Crippen LogP contribution >= 0.6 is 0 Å². The molecule has 1 amide bonds. The van der Waals surface area contributed by atoms with Crippen LogP contribution in [0.4, 0.5) is 4.79 Å². The molecule has 4 aliphatic heterocycles. The molecule has 4 fully saturated rings. The van der Waals surface area contributed by atoms with Crippen molar-refractivity contribution in [2.45, 2.75) is 84.1 Å². The largest absolute Gasteiger partial charge is 0.444 e. The van der Waals surface area contributed by atoms with Crippen molar-refractivity contribution in [1.82, 2.24) is 31.0 Å². The van der Waals surface area contributed by atoms with E-state index in [-0.39, 0.29) is 18.6 Å². The Kier molecular flexibility index (Phi) is 6.58. The molecule has 0 aromatic heterocycles. The molecule has 0 radical (unpaired) electrons. The number of hydrazine groups is 1. The lowest BCUT2D eigenvalue weighted by atomic mass is 9.93. The van der Waals surface area contributed by atoms with E-state index in [4.69, 9.17) is 9.57 Å². The zero-order chi connectivity index (χ0) is 21.5. The van der Waals surface area contributed by atoms with Gasteiger partial charge >= 0.3 is 6.09 Å². The van der Waals surface area contributed by atoms with E-state index in [1.54, 1.807) is 0 Å². The quantitative estimate of drug-likeness (QED) is 0.625. The monoisotopic (exact) mass is 424 g/mol. The average molecular weight is 425 g/mol. The van der Waals surface area contributed by atoms with Crippen molar-refractivity contribution in [3.05, 3.63) is 0 Å². The van der Waals surface area contributed by atoms with Gasteiger partial charge in [0.05, 0.1) is 6.17 Å². The zero-order valence-corrected chi connectivity index (χ0v) is 19.2. The van der Waals surface area contributed by atoms with Crippen molar-refractivity contribution in [3.63, 3.8) is 0 Å². The number of amides is 1. The van der Waals surface area contributed by atoms with Gasteiger partial charge in [0.2, 0.25) is 0 Å². The number of rotatable bonds is 3. The Labute approximate surface area is 180 Å². The van der Waals surface area contributed by atoms with E-state index in [0.717, 1.165) is 51.5 Å². The minimum absolute atomic E-state index is 0.0882. The van der Waals surface area contributed by atoms with Gasteiger partial charge in [0.25, 0.3) is 0 Å². The van der Waals surface area contributed by atoms with Crippen LogP contribution in [0.25, 0.3) is 0 Å². The SMILES string of the molecule is CC(C)N1CC2CCN(C3NC(C4CCN(C(=O)OC(C)(C)C)CC4)NO3)CC2N1. The molecule has 4 heterocycles. The van der Waals surface area contributed by atoms with Gasteiger partial charge in [-0.15, -0.1) is 0 Å². The molecule has 4 atom stereocenters. The van der Waals surface area contributed by atoms with Gasteiger partial charge < -0.3 is 9.64 Å². The van der Waals surface area contributed by atoms with Crippen molar-refractivity contribution in [3.8, 4) is 0 Å². The van der Waals surface area contributed by atoms with Gasteiger partial charge in [0.1, 0.15) is 5.60 Å². The maximum absolute atomic E-state index is 12.3. The first-order chi connectivity index (χ1) is 14.2. The van der Waals surface area contributed by atoms with Crippen molar-refractivity contribution in [1.29, 1.82) is 0 Å². The van der Waals surface area contributed by atoms with E-state index in [2.05, 4.69) is 40.0 Å². The van der Waals surface area contributed by atoms with E-state index < -0.39 is 5.60 Å². The van der Waals surface area contributed by atoms with E-state index in [1.165, 1.54) is 6.42 Å². The molecule has 9 nitrogen and oxygen atoms in total. The lowest BCUT2D eigenvalue weighted by molar-refractivity contribution is -0.0878. The van der Waals surface area contributed by atoms with Gasteiger partial charge in [-0.05, 0) is 65.7 Å². The van der Waals surface area contributed by atoms with Gasteiger partial charge in [-0.3, -0.25) is 20.5 Å². The Hall–Kier alpha value is -0.970. The lowest BCUT2D eigenvalue weighted by Crippen LogP contribution is -2.56. The second-order valence-corrected chi connectivity index (χ2v) is 10.6. The van der Waals surface area contributed by atoms with Crippen LogP contribution in [0.5, 0.6) is 0 Å². The van der Waals surface area contributed by atoms with Crippen LogP contribution in [0.1, 0.15) is 53.9 Å². The number of carbonyl (C=O) groups is 1. The van der Waals surface area contributed by atoms with E-state index in [0.29, 0.717) is 18.0 Å². The Morgan fingerprint density at radius 3 is 2.43 bits per heavy atom. The summed E-state index contributed by atoms with van der Waals surface area (Å²) in [6.07, 6.45) is 2.91. The van der Waals surface area contributed by atoms with Crippen LogP contribution < -0.4 is 16.2 Å². The molecule has 4 rings (SSSR count). The molecular formula is C21H40N6O3. The van der Waals surface area contributed by atoms with Crippen LogP contribution in [-0.4, -0.2) is 83.8 Å². The summed E-state index contributed by atoms with van der Waals surface area (Å²) in [5.41, 5.74) is 6.47. The Balaban J connectivity index is 1.22. The number of hydrogen-bond donors (Lipinski definition) is 3. The zero-order valence-electron chi connectivity index (χ0n) is 19.2. The normalized spacial score (nSPS) is 34.5. The Morgan fingerprint density at radius 2 is 1.77 bits per heavy atom. The number of nitrogens with one attached hydrogen (secondary N) is 3. The molecule has 0 aromatic rings.